The molecule has 0 aliphatic heterocycles. The zero-order valence-corrected chi connectivity index (χ0v) is 10.5. The molecule has 0 fully saturated rings. The maximum atomic E-state index is 5.59. The lowest BCUT2D eigenvalue weighted by Gasteiger charge is -2.31. The quantitative estimate of drug-likeness (QED) is 0.470. The molecule has 0 bridgehead atoms. The Hall–Kier alpha value is 0.452. The highest BCUT2D eigenvalue weighted by atomic mass is 27.0. The highest BCUT2D eigenvalue weighted by Gasteiger charge is 2.21. The Balaban J connectivity index is 3.79. The van der Waals surface area contributed by atoms with Crippen LogP contribution in [0.25, 0.3) is 0 Å². The lowest BCUT2D eigenvalue weighted by molar-refractivity contribution is -0.203. The van der Waals surface area contributed by atoms with E-state index in [2.05, 4.69) is 0 Å². The standard InChI is InChI=1S/C8H17O2.Al.2H/c1-6(2)9-8(5)10-7(3)4;;;/h6-7H,1-5H3;;;. The van der Waals surface area contributed by atoms with Crippen molar-refractivity contribution in [3.8, 4) is 0 Å². The van der Waals surface area contributed by atoms with Crippen LogP contribution in [0.15, 0.2) is 0 Å². The Morgan fingerprint density at radius 2 is 1.27 bits per heavy atom. The molecule has 0 aromatic heterocycles. The van der Waals surface area contributed by atoms with Gasteiger partial charge in [-0.3, -0.25) is 0 Å². The normalized spacial score (nSPS) is 13.0. The zero-order valence-electron chi connectivity index (χ0n) is 8.47. The molecule has 0 rings (SSSR count). The van der Waals surface area contributed by atoms with Gasteiger partial charge in [0, 0.05) is 0 Å². The van der Waals surface area contributed by atoms with Crippen LogP contribution in [0.2, 0.25) is 0 Å². The SMILES string of the molecule is CC(C)O[C](C)([AlH2])OC(C)C. The second kappa shape index (κ2) is 4.47. The zero-order chi connectivity index (χ0) is 9.07. The summed E-state index contributed by atoms with van der Waals surface area (Å²) in [5.41, 5.74) is 0. The molecular weight excluding hydrogens is 155 g/mol. The monoisotopic (exact) mass is 174 g/mol. The molecule has 0 unspecified atom stereocenters. The van der Waals surface area contributed by atoms with E-state index < -0.39 is 0 Å². The fourth-order valence-corrected chi connectivity index (χ4v) is 2.11. The number of ether oxygens (including phenoxy) is 2. The molecule has 0 N–H and O–H groups in total. The summed E-state index contributed by atoms with van der Waals surface area (Å²) in [6.45, 7) is 10.1. The summed E-state index contributed by atoms with van der Waals surface area (Å²) in [5.74, 6) is 0. The third kappa shape index (κ3) is 6.84. The van der Waals surface area contributed by atoms with E-state index in [0.29, 0.717) is 0 Å². The van der Waals surface area contributed by atoms with Crippen molar-refractivity contribution in [1.82, 2.24) is 0 Å². The van der Waals surface area contributed by atoms with Gasteiger partial charge in [-0.1, -0.05) is 0 Å². The molecule has 3 heteroatoms. The Morgan fingerprint density at radius 1 is 1.00 bits per heavy atom. The van der Waals surface area contributed by atoms with Gasteiger partial charge in [-0.25, -0.2) is 0 Å². The third-order valence-electron chi connectivity index (χ3n) is 1.04. The first kappa shape index (κ1) is 11.5. The van der Waals surface area contributed by atoms with E-state index in [4.69, 9.17) is 9.47 Å². The molecule has 0 atom stereocenters. The first-order chi connectivity index (χ1) is 4.83. The summed E-state index contributed by atoms with van der Waals surface area (Å²) in [6.07, 6.45) is 0.493. The van der Waals surface area contributed by atoms with Gasteiger partial charge in [0.25, 0.3) is 0 Å². The van der Waals surface area contributed by atoms with Gasteiger partial charge in [0.15, 0.2) is 0 Å². The average molecular weight is 174 g/mol. The van der Waals surface area contributed by atoms with Crippen molar-refractivity contribution >= 4 is 16.3 Å². The summed E-state index contributed by atoms with van der Waals surface area (Å²) in [7, 11) is 0. The lowest BCUT2D eigenvalue weighted by atomic mass is 10.4. The maximum absolute atomic E-state index is 5.59. The number of hydrogen-bond acceptors (Lipinski definition) is 2. The van der Waals surface area contributed by atoms with E-state index in [-0.39, 0.29) is 16.9 Å². The molecule has 0 amide bonds. The number of hydrogen-bond donors (Lipinski definition) is 0. The van der Waals surface area contributed by atoms with Gasteiger partial charge in [-0.2, -0.15) is 0 Å². The molecule has 0 radical (unpaired) electrons. The van der Waals surface area contributed by atoms with Gasteiger partial charge < -0.3 is 9.47 Å². The fraction of sp³-hybridized carbons (Fsp3) is 1.00. The van der Waals surface area contributed by atoms with Crippen LogP contribution in [0.3, 0.4) is 0 Å². The van der Waals surface area contributed by atoms with Crippen molar-refractivity contribution in [2.24, 2.45) is 0 Å². The van der Waals surface area contributed by atoms with Crippen molar-refractivity contribution in [2.45, 2.75) is 51.5 Å². The van der Waals surface area contributed by atoms with Gasteiger partial charge >= 0.3 is 16.3 Å². The van der Waals surface area contributed by atoms with E-state index in [9.17, 15) is 0 Å². The smallest absolute Gasteiger partial charge is 0.307 e. The van der Waals surface area contributed by atoms with Crippen molar-refractivity contribution in [1.29, 1.82) is 0 Å². The van der Waals surface area contributed by atoms with Crippen LogP contribution in [0.4, 0.5) is 0 Å². The first-order valence-corrected chi connectivity index (χ1v) is 5.19. The van der Waals surface area contributed by atoms with Crippen molar-refractivity contribution in [3.05, 3.63) is 0 Å². The highest BCUT2D eigenvalue weighted by Crippen LogP contribution is 2.12. The average Bonchev–Trinajstić information content (AvgIpc) is 1.53. The first-order valence-electron chi connectivity index (χ1n) is 4.19. The molecule has 0 aromatic rings. The predicted molar refractivity (Wildman–Crippen MR) is 49.4 cm³/mol. The van der Waals surface area contributed by atoms with Gasteiger partial charge in [0.2, 0.25) is 0 Å². The van der Waals surface area contributed by atoms with Crippen LogP contribution in [-0.4, -0.2) is 33.1 Å². The summed E-state index contributed by atoms with van der Waals surface area (Å²) in [4.78, 5) is 0. The van der Waals surface area contributed by atoms with Crippen molar-refractivity contribution in [3.63, 3.8) is 0 Å². The van der Waals surface area contributed by atoms with Crippen LogP contribution in [0.5, 0.6) is 0 Å². The van der Waals surface area contributed by atoms with E-state index in [0.717, 1.165) is 16.3 Å². The second-order valence-corrected chi connectivity index (χ2v) is 5.55. The van der Waals surface area contributed by atoms with E-state index >= 15 is 0 Å². The predicted octanol–water partition coefficient (Wildman–Crippen LogP) is 1.14. The molecule has 0 saturated carbocycles. The number of rotatable bonds is 4. The minimum Gasteiger partial charge on any atom is -0.363 e. The maximum Gasteiger partial charge on any atom is 0.307 e. The summed E-state index contributed by atoms with van der Waals surface area (Å²) in [6, 6.07) is 0. The highest BCUT2D eigenvalue weighted by molar-refractivity contribution is 6.13. The minimum absolute atomic E-state index is 0.247. The van der Waals surface area contributed by atoms with Crippen molar-refractivity contribution in [2.75, 3.05) is 0 Å². The molecule has 0 aromatic carbocycles. The van der Waals surface area contributed by atoms with Gasteiger partial charge in [-0.05, 0) is 34.6 Å². The van der Waals surface area contributed by atoms with Crippen molar-refractivity contribution < 1.29 is 9.47 Å². The Kier molecular flexibility index (Phi) is 4.66. The topological polar surface area (TPSA) is 18.5 Å². The molecule has 0 saturated heterocycles. The Labute approximate surface area is 77.7 Å². The molecule has 0 spiro atoms. The fourth-order valence-electron chi connectivity index (χ4n) is 1.16. The van der Waals surface area contributed by atoms with Crippen LogP contribution >= 0.6 is 0 Å². The van der Waals surface area contributed by atoms with Crippen LogP contribution < -0.4 is 0 Å². The van der Waals surface area contributed by atoms with Gasteiger partial charge in [0.05, 0.1) is 16.9 Å². The second-order valence-electron chi connectivity index (χ2n) is 3.73. The molecule has 11 heavy (non-hydrogen) atoms. The summed E-state index contributed by atoms with van der Waals surface area (Å²) >= 11 is 0.900. The van der Waals surface area contributed by atoms with Gasteiger partial charge in [-0.15, -0.1) is 0 Å². The van der Waals surface area contributed by atoms with Crippen LogP contribution in [0, 0.1) is 0 Å². The summed E-state index contributed by atoms with van der Waals surface area (Å²) in [5, 5.41) is 0. The van der Waals surface area contributed by atoms with Crippen LogP contribution in [0.1, 0.15) is 34.6 Å². The molecule has 66 valence electrons. The lowest BCUT2D eigenvalue weighted by Crippen LogP contribution is -2.37. The molecule has 0 aliphatic carbocycles. The minimum atomic E-state index is -0.317. The largest absolute Gasteiger partial charge is 0.363 e. The van der Waals surface area contributed by atoms with E-state index in [1.165, 1.54) is 0 Å². The summed E-state index contributed by atoms with van der Waals surface area (Å²) < 4.78 is 10.9. The Morgan fingerprint density at radius 3 is 1.45 bits per heavy atom. The van der Waals surface area contributed by atoms with E-state index in [1.807, 2.05) is 34.6 Å². The molecular formula is C8H19AlO2. The third-order valence-corrected chi connectivity index (χ3v) is 1.51. The molecule has 2 nitrogen and oxygen atoms in total. The molecule has 0 aliphatic rings. The molecule has 0 heterocycles. The van der Waals surface area contributed by atoms with Gasteiger partial charge in [0.1, 0.15) is 0 Å². The Bertz CT molecular complexity index is 98.7. The van der Waals surface area contributed by atoms with Crippen LogP contribution in [-0.2, 0) is 9.47 Å². The van der Waals surface area contributed by atoms with E-state index in [1.54, 1.807) is 0 Å².